The number of ether oxygens (including phenoxy) is 1. The second kappa shape index (κ2) is 10.7. The smallest absolute Gasteiger partial charge is 0.225 e. The summed E-state index contributed by atoms with van der Waals surface area (Å²) < 4.78 is 5.05. The lowest BCUT2D eigenvalue weighted by Gasteiger charge is -2.21. The Labute approximate surface area is 104 Å². The quantitative estimate of drug-likeness (QED) is 0.652. The molecule has 0 saturated heterocycles. The van der Waals surface area contributed by atoms with Gasteiger partial charge in [-0.3, -0.25) is 4.79 Å². The van der Waals surface area contributed by atoms with Crippen LogP contribution in [0.25, 0.3) is 0 Å². The Kier molecular flexibility index (Phi) is 11.7. The maximum absolute atomic E-state index is 11.7. The minimum absolute atomic E-state index is 0. The van der Waals surface area contributed by atoms with Crippen molar-refractivity contribution in [3.63, 3.8) is 0 Å². The highest BCUT2D eigenvalue weighted by Crippen LogP contribution is 2.01. The summed E-state index contributed by atoms with van der Waals surface area (Å²) in [6.45, 7) is 8.59. The second-order valence-electron chi connectivity index (χ2n) is 3.17. The predicted octanol–water partition coefficient (Wildman–Crippen LogP) is 0.973. The Bertz CT molecular complexity index is 208. The van der Waals surface area contributed by atoms with Crippen LogP contribution in [0.5, 0.6) is 0 Å². The number of methoxy groups -OCH3 is 1. The average Bonchev–Trinajstić information content (AvgIpc) is 2.25. The zero-order valence-electron chi connectivity index (χ0n) is 9.72. The SMILES string of the molecule is C=CCN(CC=C)C(=O)CC(CN)OC.Cl. The van der Waals surface area contributed by atoms with Crippen molar-refractivity contribution >= 4 is 18.3 Å². The van der Waals surface area contributed by atoms with E-state index in [2.05, 4.69) is 13.2 Å². The molecule has 0 aliphatic carbocycles. The molecule has 0 aromatic heterocycles. The minimum Gasteiger partial charge on any atom is -0.380 e. The first-order chi connectivity index (χ1) is 7.19. The Morgan fingerprint density at radius 3 is 2.25 bits per heavy atom. The molecule has 0 aromatic rings. The van der Waals surface area contributed by atoms with E-state index in [1.165, 1.54) is 0 Å². The molecule has 0 rings (SSSR count). The molecule has 1 atom stereocenters. The molecule has 0 spiro atoms. The van der Waals surface area contributed by atoms with E-state index >= 15 is 0 Å². The van der Waals surface area contributed by atoms with Gasteiger partial charge in [0.15, 0.2) is 0 Å². The van der Waals surface area contributed by atoms with Crippen LogP contribution in [0, 0.1) is 0 Å². The normalized spacial score (nSPS) is 11.1. The lowest BCUT2D eigenvalue weighted by molar-refractivity contribution is -0.132. The van der Waals surface area contributed by atoms with Gasteiger partial charge in [-0.1, -0.05) is 12.2 Å². The van der Waals surface area contributed by atoms with Crippen LogP contribution in [0.15, 0.2) is 25.3 Å². The fourth-order valence-corrected chi connectivity index (χ4v) is 1.18. The molecule has 2 N–H and O–H groups in total. The molecular formula is C11H21ClN2O2. The summed E-state index contributed by atoms with van der Waals surface area (Å²) >= 11 is 0. The molecule has 1 amide bonds. The molecule has 5 heteroatoms. The van der Waals surface area contributed by atoms with Gasteiger partial charge in [-0.05, 0) is 0 Å². The first-order valence-electron chi connectivity index (χ1n) is 4.92. The third-order valence-corrected chi connectivity index (χ3v) is 2.05. The molecule has 0 aliphatic rings. The van der Waals surface area contributed by atoms with Gasteiger partial charge in [0.05, 0.1) is 12.5 Å². The number of halogens is 1. The van der Waals surface area contributed by atoms with Crippen molar-refractivity contribution in [2.24, 2.45) is 5.73 Å². The van der Waals surface area contributed by atoms with E-state index in [0.717, 1.165) is 0 Å². The molecule has 0 bridgehead atoms. The molecule has 0 fully saturated rings. The molecule has 0 saturated carbocycles. The number of carbonyl (C=O) groups excluding carboxylic acids is 1. The maximum Gasteiger partial charge on any atom is 0.225 e. The van der Waals surface area contributed by atoms with Gasteiger partial charge in [0.2, 0.25) is 5.91 Å². The Morgan fingerprint density at radius 1 is 1.44 bits per heavy atom. The first kappa shape index (κ1) is 17.6. The summed E-state index contributed by atoms with van der Waals surface area (Å²) in [4.78, 5) is 13.4. The fraction of sp³-hybridized carbons (Fsp3) is 0.545. The summed E-state index contributed by atoms with van der Waals surface area (Å²) in [5.41, 5.74) is 5.44. The molecule has 0 aliphatic heterocycles. The van der Waals surface area contributed by atoms with Crippen LogP contribution in [0.2, 0.25) is 0 Å². The molecule has 16 heavy (non-hydrogen) atoms. The van der Waals surface area contributed by atoms with E-state index in [0.29, 0.717) is 26.1 Å². The molecule has 0 aromatic carbocycles. The maximum atomic E-state index is 11.7. The van der Waals surface area contributed by atoms with Crippen LogP contribution in [-0.2, 0) is 9.53 Å². The summed E-state index contributed by atoms with van der Waals surface area (Å²) in [6, 6.07) is 0. The van der Waals surface area contributed by atoms with E-state index in [1.807, 2.05) is 0 Å². The largest absolute Gasteiger partial charge is 0.380 e. The van der Waals surface area contributed by atoms with Gasteiger partial charge in [-0.2, -0.15) is 0 Å². The number of rotatable bonds is 8. The van der Waals surface area contributed by atoms with Gasteiger partial charge < -0.3 is 15.4 Å². The fourth-order valence-electron chi connectivity index (χ4n) is 1.18. The number of amides is 1. The number of carbonyl (C=O) groups is 1. The van der Waals surface area contributed by atoms with Crippen LogP contribution >= 0.6 is 12.4 Å². The number of nitrogens with zero attached hydrogens (tertiary/aromatic N) is 1. The molecular weight excluding hydrogens is 228 g/mol. The predicted molar refractivity (Wildman–Crippen MR) is 68.7 cm³/mol. The van der Waals surface area contributed by atoms with Gasteiger partial charge in [-0.25, -0.2) is 0 Å². The van der Waals surface area contributed by atoms with Crippen molar-refractivity contribution < 1.29 is 9.53 Å². The van der Waals surface area contributed by atoms with Crippen molar-refractivity contribution in [2.75, 3.05) is 26.7 Å². The van der Waals surface area contributed by atoms with Gasteiger partial charge in [0, 0.05) is 26.7 Å². The van der Waals surface area contributed by atoms with Crippen LogP contribution in [0.1, 0.15) is 6.42 Å². The Hall–Kier alpha value is -0.840. The topological polar surface area (TPSA) is 55.6 Å². The van der Waals surface area contributed by atoms with E-state index in [9.17, 15) is 4.79 Å². The molecule has 1 unspecified atom stereocenters. The van der Waals surface area contributed by atoms with Crippen molar-refractivity contribution in [3.05, 3.63) is 25.3 Å². The first-order valence-corrected chi connectivity index (χ1v) is 4.92. The Morgan fingerprint density at radius 2 is 1.94 bits per heavy atom. The van der Waals surface area contributed by atoms with Crippen LogP contribution in [-0.4, -0.2) is 43.7 Å². The highest BCUT2D eigenvalue weighted by atomic mass is 35.5. The summed E-state index contributed by atoms with van der Waals surface area (Å²) in [5.74, 6) is 0.00657. The third-order valence-electron chi connectivity index (χ3n) is 2.05. The zero-order valence-corrected chi connectivity index (χ0v) is 10.5. The van der Waals surface area contributed by atoms with E-state index in [4.69, 9.17) is 10.5 Å². The number of hydrogen-bond donors (Lipinski definition) is 1. The van der Waals surface area contributed by atoms with Gasteiger partial charge in [0.1, 0.15) is 0 Å². The molecule has 4 nitrogen and oxygen atoms in total. The minimum atomic E-state index is -0.213. The monoisotopic (exact) mass is 248 g/mol. The van der Waals surface area contributed by atoms with Crippen molar-refractivity contribution in [1.29, 1.82) is 0 Å². The lowest BCUT2D eigenvalue weighted by atomic mass is 10.2. The number of nitrogens with two attached hydrogens (primary N) is 1. The molecule has 0 heterocycles. The van der Waals surface area contributed by atoms with E-state index < -0.39 is 0 Å². The van der Waals surface area contributed by atoms with Gasteiger partial charge >= 0.3 is 0 Å². The van der Waals surface area contributed by atoms with Gasteiger partial charge in [0.25, 0.3) is 0 Å². The van der Waals surface area contributed by atoms with E-state index in [1.54, 1.807) is 24.2 Å². The zero-order chi connectivity index (χ0) is 11.7. The highest BCUT2D eigenvalue weighted by Gasteiger charge is 2.16. The second-order valence-corrected chi connectivity index (χ2v) is 3.17. The average molecular weight is 249 g/mol. The summed E-state index contributed by atoms with van der Waals surface area (Å²) in [7, 11) is 1.55. The lowest BCUT2D eigenvalue weighted by Crippen LogP contribution is -2.36. The Balaban J connectivity index is 0. The van der Waals surface area contributed by atoms with Crippen molar-refractivity contribution in [3.8, 4) is 0 Å². The summed E-state index contributed by atoms with van der Waals surface area (Å²) in [6.07, 6.45) is 3.46. The molecule has 0 radical (unpaired) electrons. The van der Waals surface area contributed by atoms with Crippen LogP contribution in [0.4, 0.5) is 0 Å². The molecule has 94 valence electrons. The third kappa shape index (κ3) is 6.61. The highest BCUT2D eigenvalue weighted by molar-refractivity contribution is 5.85. The van der Waals surface area contributed by atoms with E-state index in [-0.39, 0.29) is 24.4 Å². The summed E-state index contributed by atoms with van der Waals surface area (Å²) in [5, 5.41) is 0. The number of hydrogen-bond acceptors (Lipinski definition) is 3. The van der Waals surface area contributed by atoms with Crippen LogP contribution in [0.3, 0.4) is 0 Å². The standard InChI is InChI=1S/C11H20N2O2.ClH/c1-4-6-13(7-5-2)11(14)8-10(9-12)15-3;/h4-5,10H,1-2,6-9,12H2,3H3;1H. The van der Waals surface area contributed by atoms with Crippen molar-refractivity contribution in [2.45, 2.75) is 12.5 Å². The van der Waals surface area contributed by atoms with Crippen molar-refractivity contribution in [1.82, 2.24) is 4.90 Å². The van der Waals surface area contributed by atoms with Crippen LogP contribution < -0.4 is 5.73 Å². The van der Waals surface area contributed by atoms with Gasteiger partial charge in [-0.15, -0.1) is 25.6 Å².